The smallest absolute Gasteiger partial charge is 0.105 e. The molecule has 0 saturated carbocycles. The van der Waals surface area contributed by atoms with Crippen LogP contribution in [0, 0.1) is 6.92 Å². The molecule has 1 heterocycles. The van der Waals surface area contributed by atoms with Gasteiger partial charge in [0.25, 0.3) is 0 Å². The van der Waals surface area contributed by atoms with Crippen molar-refractivity contribution < 1.29 is 4.42 Å². The van der Waals surface area contributed by atoms with Crippen LogP contribution >= 0.6 is 0 Å². The molecule has 0 spiro atoms. The van der Waals surface area contributed by atoms with Gasteiger partial charge in [-0.3, -0.25) is 0 Å². The predicted molar refractivity (Wildman–Crippen MR) is 79.4 cm³/mol. The molecule has 19 heavy (non-hydrogen) atoms. The minimum Gasteiger partial charge on any atom is -0.469 e. The summed E-state index contributed by atoms with van der Waals surface area (Å²) in [7, 11) is 0. The largest absolute Gasteiger partial charge is 0.469 e. The number of aryl methyl sites for hydroxylation is 1. The lowest BCUT2D eigenvalue weighted by atomic mass is 9.98. The molecule has 0 fully saturated rings. The van der Waals surface area contributed by atoms with E-state index in [1.54, 1.807) is 6.26 Å². The fourth-order valence-corrected chi connectivity index (χ4v) is 2.34. The van der Waals surface area contributed by atoms with Gasteiger partial charge in [0.2, 0.25) is 0 Å². The summed E-state index contributed by atoms with van der Waals surface area (Å²) in [6.07, 6.45) is 4.90. The van der Waals surface area contributed by atoms with Crippen molar-refractivity contribution >= 4 is 0 Å². The van der Waals surface area contributed by atoms with Crippen molar-refractivity contribution in [1.82, 2.24) is 5.32 Å². The molecule has 2 nitrogen and oxygen atoms in total. The van der Waals surface area contributed by atoms with E-state index in [1.807, 2.05) is 6.07 Å². The number of benzene rings is 1. The molecule has 0 bridgehead atoms. The molecular formula is C17H23NO. The van der Waals surface area contributed by atoms with E-state index in [0.29, 0.717) is 6.04 Å². The van der Waals surface area contributed by atoms with Crippen LogP contribution in [-0.2, 0) is 12.8 Å². The Kier molecular flexibility index (Phi) is 5.22. The Morgan fingerprint density at radius 1 is 1.11 bits per heavy atom. The number of nitrogens with one attached hydrogen (secondary N) is 1. The molecule has 2 rings (SSSR count). The second-order valence-electron chi connectivity index (χ2n) is 5.07. The Morgan fingerprint density at radius 3 is 2.63 bits per heavy atom. The third-order valence-electron chi connectivity index (χ3n) is 3.44. The van der Waals surface area contributed by atoms with E-state index in [9.17, 15) is 0 Å². The van der Waals surface area contributed by atoms with Gasteiger partial charge in [-0.15, -0.1) is 0 Å². The van der Waals surface area contributed by atoms with Crippen LogP contribution in [0.25, 0.3) is 0 Å². The zero-order valence-corrected chi connectivity index (χ0v) is 11.9. The van der Waals surface area contributed by atoms with Crippen LogP contribution in [0.3, 0.4) is 0 Å². The Labute approximate surface area is 115 Å². The third-order valence-corrected chi connectivity index (χ3v) is 3.44. The highest BCUT2D eigenvalue weighted by Crippen LogP contribution is 2.13. The minimum absolute atomic E-state index is 0.437. The average Bonchev–Trinajstić information content (AvgIpc) is 2.91. The molecule has 1 aromatic carbocycles. The summed E-state index contributed by atoms with van der Waals surface area (Å²) >= 11 is 0. The van der Waals surface area contributed by atoms with E-state index >= 15 is 0 Å². The Hall–Kier alpha value is -1.54. The van der Waals surface area contributed by atoms with Crippen LogP contribution in [0.15, 0.2) is 47.1 Å². The molecule has 1 unspecified atom stereocenters. The van der Waals surface area contributed by atoms with Gasteiger partial charge in [-0.1, -0.05) is 31.2 Å². The van der Waals surface area contributed by atoms with E-state index < -0.39 is 0 Å². The van der Waals surface area contributed by atoms with Crippen molar-refractivity contribution in [3.63, 3.8) is 0 Å². The number of hydrogen-bond acceptors (Lipinski definition) is 2. The Bertz CT molecular complexity index is 476. The number of rotatable bonds is 7. The molecule has 0 aliphatic rings. The fourth-order valence-electron chi connectivity index (χ4n) is 2.34. The third kappa shape index (κ3) is 4.25. The molecule has 0 aliphatic carbocycles. The molecule has 2 aromatic rings. The van der Waals surface area contributed by atoms with Crippen molar-refractivity contribution in [2.45, 2.75) is 39.2 Å². The maximum Gasteiger partial charge on any atom is 0.105 e. The summed E-state index contributed by atoms with van der Waals surface area (Å²) < 4.78 is 5.47. The first-order chi connectivity index (χ1) is 9.29. The highest BCUT2D eigenvalue weighted by Gasteiger charge is 2.12. The van der Waals surface area contributed by atoms with Crippen molar-refractivity contribution in [2.24, 2.45) is 0 Å². The summed E-state index contributed by atoms with van der Waals surface area (Å²) in [4.78, 5) is 0. The maximum absolute atomic E-state index is 5.47. The van der Waals surface area contributed by atoms with Crippen LogP contribution in [-0.4, -0.2) is 12.6 Å². The highest BCUT2D eigenvalue weighted by atomic mass is 16.3. The van der Waals surface area contributed by atoms with Crippen LogP contribution in [0.2, 0.25) is 0 Å². The molecule has 0 aliphatic heterocycles. The summed E-state index contributed by atoms with van der Waals surface area (Å²) in [6, 6.07) is 13.1. The summed E-state index contributed by atoms with van der Waals surface area (Å²) in [6.45, 7) is 5.43. The van der Waals surface area contributed by atoms with Gasteiger partial charge in [-0.25, -0.2) is 0 Å². The number of furan rings is 1. The Morgan fingerprint density at radius 2 is 1.95 bits per heavy atom. The van der Waals surface area contributed by atoms with E-state index in [2.05, 4.69) is 49.5 Å². The van der Waals surface area contributed by atoms with Gasteiger partial charge in [0, 0.05) is 12.5 Å². The number of hydrogen-bond donors (Lipinski definition) is 1. The summed E-state index contributed by atoms with van der Waals surface area (Å²) in [5.41, 5.74) is 2.79. The van der Waals surface area contributed by atoms with Gasteiger partial charge in [-0.05, 0) is 49.6 Å². The van der Waals surface area contributed by atoms with Crippen molar-refractivity contribution in [2.75, 3.05) is 6.54 Å². The van der Waals surface area contributed by atoms with E-state index in [-0.39, 0.29) is 0 Å². The molecule has 1 aromatic heterocycles. The first-order valence-electron chi connectivity index (χ1n) is 7.10. The van der Waals surface area contributed by atoms with Gasteiger partial charge in [-0.2, -0.15) is 0 Å². The molecule has 102 valence electrons. The van der Waals surface area contributed by atoms with Gasteiger partial charge in [0.1, 0.15) is 5.76 Å². The van der Waals surface area contributed by atoms with Crippen LogP contribution in [0.5, 0.6) is 0 Å². The Balaban J connectivity index is 2.03. The minimum atomic E-state index is 0.437. The van der Waals surface area contributed by atoms with Crippen molar-refractivity contribution in [1.29, 1.82) is 0 Å². The van der Waals surface area contributed by atoms with Crippen LogP contribution in [0.4, 0.5) is 0 Å². The fraction of sp³-hybridized carbons (Fsp3) is 0.412. The summed E-state index contributed by atoms with van der Waals surface area (Å²) in [5, 5.41) is 3.62. The van der Waals surface area contributed by atoms with Crippen molar-refractivity contribution in [3.05, 3.63) is 59.5 Å². The highest BCUT2D eigenvalue weighted by molar-refractivity contribution is 5.26. The predicted octanol–water partition coefficient (Wildman–Crippen LogP) is 3.74. The van der Waals surface area contributed by atoms with Gasteiger partial charge in [0.15, 0.2) is 0 Å². The quantitative estimate of drug-likeness (QED) is 0.817. The van der Waals surface area contributed by atoms with E-state index in [4.69, 9.17) is 4.42 Å². The molecule has 1 atom stereocenters. The van der Waals surface area contributed by atoms with Gasteiger partial charge < -0.3 is 9.73 Å². The molecular weight excluding hydrogens is 234 g/mol. The SMILES string of the molecule is CCCNC(Cc1ccco1)Cc1ccccc1C. The van der Waals surface area contributed by atoms with Gasteiger partial charge >= 0.3 is 0 Å². The molecule has 0 radical (unpaired) electrons. The molecule has 2 heteroatoms. The zero-order valence-electron chi connectivity index (χ0n) is 11.9. The second-order valence-corrected chi connectivity index (χ2v) is 5.07. The molecule has 1 N–H and O–H groups in total. The molecule has 0 amide bonds. The van der Waals surface area contributed by atoms with Gasteiger partial charge in [0.05, 0.1) is 6.26 Å². The van der Waals surface area contributed by atoms with Crippen LogP contribution < -0.4 is 5.32 Å². The lowest BCUT2D eigenvalue weighted by Gasteiger charge is -2.18. The first kappa shape index (κ1) is 13.9. The lowest BCUT2D eigenvalue weighted by molar-refractivity contribution is 0.438. The van der Waals surface area contributed by atoms with E-state index in [0.717, 1.165) is 31.6 Å². The second kappa shape index (κ2) is 7.15. The first-order valence-corrected chi connectivity index (χ1v) is 7.10. The van der Waals surface area contributed by atoms with Crippen LogP contribution in [0.1, 0.15) is 30.2 Å². The molecule has 0 saturated heterocycles. The topological polar surface area (TPSA) is 25.2 Å². The monoisotopic (exact) mass is 257 g/mol. The van der Waals surface area contributed by atoms with E-state index in [1.165, 1.54) is 11.1 Å². The normalized spacial score (nSPS) is 12.5. The zero-order chi connectivity index (χ0) is 13.5. The standard InChI is InChI=1S/C17H23NO/c1-3-10-18-16(13-17-9-6-11-19-17)12-15-8-5-4-7-14(15)2/h4-9,11,16,18H,3,10,12-13H2,1-2H3. The average molecular weight is 257 g/mol. The maximum atomic E-state index is 5.47. The lowest BCUT2D eigenvalue weighted by Crippen LogP contribution is -2.33. The van der Waals surface area contributed by atoms with Crippen molar-refractivity contribution in [3.8, 4) is 0 Å². The summed E-state index contributed by atoms with van der Waals surface area (Å²) in [5.74, 6) is 1.06.